The lowest BCUT2D eigenvalue weighted by atomic mass is 9.76. The summed E-state index contributed by atoms with van der Waals surface area (Å²) >= 11 is 7.55. The van der Waals surface area contributed by atoms with Crippen LogP contribution in [-0.2, 0) is 23.6 Å². The fourth-order valence-electron chi connectivity index (χ4n) is 2.58. The second kappa shape index (κ2) is 7.37. The number of nitrogens with zero attached hydrogens (tertiary/aromatic N) is 4. The van der Waals surface area contributed by atoms with E-state index in [0.717, 1.165) is 11.4 Å². The number of hydrogen-bond acceptors (Lipinski definition) is 7. The molecular formula is C15H19ClN4O3S. The Morgan fingerprint density at radius 3 is 2.83 bits per heavy atom. The SMILES string of the molecule is Cn1cnnc1CC1(c2cc(Cl)nc(SCC(O)CO)c2)COC1. The number of rotatable bonds is 7. The third kappa shape index (κ3) is 3.73. The number of aliphatic hydroxyl groups is 2. The van der Waals surface area contributed by atoms with Crippen LogP contribution in [0.3, 0.4) is 0 Å². The van der Waals surface area contributed by atoms with Gasteiger partial charge in [-0.1, -0.05) is 11.6 Å². The van der Waals surface area contributed by atoms with Crippen molar-refractivity contribution in [3.05, 3.63) is 35.0 Å². The number of thioether (sulfide) groups is 1. The summed E-state index contributed by atoms with van der Waals surface area (Å²) in [5.41, 5.74) is 0.843. The van der Waals surface area contributed by atoms with Crippen molar-refractivity contribution in [2.45, 2.75) is 23.0 Å². The van der Waals surface area contributed by atoms with Crippen LogP contribution in [0, 0.1) is 0 Å². The third-order valence-electron chi connectivity index (χ3n) is 4.08. The second-order valence-electron chi connectivity index (χ2n) is 5.97. The van der Waals surface area contributed by atoms with E-state index in [9.17, 15) is 5.11 Å². The molecule has 0 aromatic carbocycles. The van der Waals surface area contributed by atoms with E-state index in [2.05, 4.69) is 15.2 Å². The summed E-state index contributed by atoms with van der Waals surface area (Å²) in [6.07, 6.45) is 1.60. The van der Waals surface area contributed by atoms with Crippen molar-refractivity contribution in [3.63, 3.8) is 0 Å². The van der Waals surface area contributed by atoms with E-state index >= 15 is 0 Å². The number of pyridine rings is 1. The van der Waals surface area contributed by atoms with Gasteiger partial charge in [-0.05, 0) is 17.7 Å². The van der Waals surface area contributed by atoms with Crippen LogP contribution in [0.4, 0.5) is 0 Å². The fourth-order valence-corrected chi connectivity index (χ4v) is 3.68. The second-order valence-corrected chi connectivity index (χ2v) is 7.40. The molecule has 1 aliphatic heterocycles. The van der Waals surface area contributed by atoms with Gasteiger partial charge in [0.1, 0.15) is 17.3 Å². The van der Waals surface area contributed by atoms with Gasteiger partial charge >= 0.3 is 0 Å². The Kier molecular flexibility index (Phi) is 5.41. The van der Waals surface area contributed by atoms with Crippen LogP contribution in [0.15, 0.2) is 23.5 Å². The smallest absolute Gasteiger partial charge is 0.133 e. The average molecular weight is 371 g/mol. The molecule has 1 atom stereocenters. The lowest BCUT2D eigenvalue weighted by Crippen LogP contribution is -2.49. The predicted molar refractivity (Wildman–Crippen MR) is 90.3 cm³/mol. The molecule has 1 saturated heterocycles. The van der Waals surface area contributed by atoms with E-state index in [1.54, 1.807) is 6.33 Å². The van der Waals surface area contributed by atoms with Crippen molar-refractivity contribution in [2.24, 2.45) is 7.05 Å². The van der Waals surface area contributed by atoms with Crippen molar-refractivity contribution < 1.29 is 14.9 Å². The van der Waals surface area contributed by atoms with Gasteiger partial charge in [0.25, 0.3) is 0 Å². The quantitative estimate of drug-likeness (QED) is 0.550. The Labute approximate surface area is 149 Å². The largest absolute Gasteiger partial charge is 0.394 e. The maximum Gasteiger partial charge on any atom is 0.133 e. The van der Waals surface area contributed by atoms with Crippen LogP contribution in [0.5, 0.6) is 0 Å². The number of aryl methyl sites for hydroxylation is 1. The maximum absolute atomic E-state index is 9.51. The van der Waals surface area contributed by atoms with E-state index < -0.39 is 6.10 Å². The van der Waals surface area contributed by atoms with Gasteiger partial charge < -0.3 is 19.5 Å². The minimum atomic E-state index is -0.779. The molecule has 2 N–H and O–H groups in total. The van der Waals surface area contributed by atoms with Gasteiger partial charge in [-0.2, -0.15) is 0 Å². The maximum atomic E-state index is 9.51. The average Bonchev–Trinajstić information content (AvgIpc) is 2.92. The molecule has 1 unspecified atom stereocenters. The molecule has 0 saturated carbocycles. The molecule has 130 valence electrons. The van der Waals surface area contributed by atoms with Crippen LogP contribution in [-0.4, -0.2) is 61.6 Å². The first-order chi connectivity index (χ1) is 11.5. The fraction of sp³-hybridized carbons (Fsp3) is 0.533. The van der Waals surface area contributed by atoms with Gasteiger partial charge in [0.2, 0.25) is 0 Å². The molecule has 3 rings (SSSR count). The summed E-state index contributed by atoms with van der Waals surface area (Å²) in [5.74, 6) is 1.24. The van der Waals surface area contributed by atoms with Crippen molar-refractivity contribution in [1.82, 2.24) is 19.7 Å². The monoisotopic (exact) mass is 370 g/mol. The molecule has 0 spiro atoms. The van der Waals surface area contributed by atoms with Crippen molar-refractivity contribution >= 4 is 23.4 Å². The lowest BCUT2D eigenvalue weighted by Gasteiger charge is -2.41. The van der Waals surface area contributed by atoms with Crippen molar-refractivity contribution in [1.29, 1.82) is 0 Å². The molecule has 9 heteroatoms. The van der Waals surface area contributed by atoms with E-state index in [1.165, 1.54) is 11.8 Å². The van der Waals surface area contributed by atoms with Gasteiger partial charge in [0, 0.05) is 24.6 Å². The molecular weight excluding hydrogens is 352 g/mol. The minimum Gasteiger partial charge on any atom is -0.394 e. The van der Waals surface area contributed by atoms with Crippen molar-refractivity contribution in [2.75, 3.05) is 25.6 Å². The highest BCUT2D eigenvalue weighted by molar-refractivity contribution is 7.99. The highest BCUT2D eigenvalue weighted by atomic mass is 35.5. The molecule has 2 aromatic rings. The molecule has 0 radical (unpaired) electrons. The zero-order valence-electron chi connectivity index (χ0n) is 13.2. The highest BCUT2D eigenvalue weighted by Crippen LogP contribution is 2.37. The summed E-state index contributed by atoms with van der Waals surface area (Å²) in [4.78, 5) is 4.29. The number of aliphatic hydroxyl groups excluding tert-OH is 2. The van der Waals surface area contributed by atoms with E-state index in [4.69, 9.17) is 21.4 Å². The zero-order valence-corrected chi connectivity index (χ0v) is 14.8. The Hall–Kier alpha value is -1.19. The van der Waals surface area contributed by atoms with Gasteiger partial charge in [-0.25, -0.2) is 4.98 Å². The number of hydrogen-bond donors (Lipinski definition) is 2. The standard InChI is InChI=1S/C15H19ClN4O3S/c1-20-9-17-19-13(20)4-15(7-23-8-15)10-2-12(16)18-14(3-10)24-6-11(22)5-21/h2-3,9,11,21-22H,4-8H2,1H3. The van der Waals surface area contributed by atoms with Gasteiger partial charge in [0.05, 0.1) is 31.0 Å². The summed E-state index contributed by atoms with van der Waals surface area (Å²) < 4.78 is 7.37. The third-order valence-corrected chi connectivity index (χ3v) is 5.33. The summed E-state index contributed by atoms with van der Waals surface area (Å²) in [5, 5.41) is 27.6. The Morgan fingerprint density at radius 2 is 2.25 bits per heavy atom. The molecule has 7 nitrogen and oxygen atoms in total. The predicted octanol–water partition coefficient (Wildman–Crippen LogP) is 0.819. The molecule has 0 aliphatic carbocycles. The lowest BCUT2D eigenvalue weighted by molar-refractivity contribution is -0.0612. The first-order valence-electron chi connectivity index (χ1n) is 7.53. The Morgan fingerprint density at radius 1 is 1.46 bits per heavy atom. The number of halogens is 1. The molecule has 2 aromatic heterocycles. The molecule has 0 amide bonds. The van der Waals surface area contributed by atoms with E-state index in [0.29, 0.717) is 35.6 Å². The molecule has 3 heterocycles. The summed E-state index contributed by atoms with van der Waals surface area (Å²) in [7, 11) is 1.92. The Balaban J connectivity index is 1.83. The normalized spacial score (nSPS) is 17.5. The van der Waals surface area contributed by atoms with E-state index in [1.807, 2.05) is 23.7 Å². The topological polar surface area (TPSA) is 93.3 Å². The first-order valence-corrected chi connectivity index (χ1v) is 8.89. The van der Waals surface area contributed by atoms with Crippen LogP contribution in [0.25, 0.3) is 0 Å². The van der Waals surface area contributed by atoms with Crippen LogP contribution in [0.1, 0.15) is 11.4 Å². The zero-order chi connectivity index (χ0) is 17.2. The number of aromatic nitrogens is 4. The van der Waals surface area contributed by atoms with Crippen LogP contribution >= 0.6 is 23.4 Å². The first kappa shape index (κ1) is 17.6. The van der Waals surface area contributed by atoms with Gasteiger partial charge in [0.15, 0.2) is 0 Å². The van der Waals surface area contributed by atoms with Crippen LogP contribution < -0.4 is 0 Å². The van der Waals surface area contributed by atoms with Crippen LogP contribution in [0.2, 0.25) is 5.15 Å². The van der Waals surface area contributed by atoms with E-state index in [-0.39, 0.29) is 12.0 Å². The van der Waals surface area contributed by atoms with Gasteiger partial charge in [-0.15, -0.1) is 22.0 Å². The highest BCUT2D eigenvalue weighted by Gasteiger charge is 2.42. The minimum absolute atomic E-state index is 0.196. The summed E-state index contributed by atoms with van der Waals surface area (Å²) in [6.45, 7) is 0.900. The van der Waals surface area contributed by atoms with Gasteiger partial charge in [-0.3, -0.25) is 0 Å². The van der Waals surface area contributed by atoms with Crippen molar-refractivity contribution in [3.8, 4) is 0 Å². The number of ether oxygens (including phenoxy) is 1. The molecule has 1 aliphatic rings. The molecule has 24 heavy (non-hydrogen) atoms. The molecule has 1 fully saturated rings. The Bertz CT molecular complexity index is 708. The molecule has 0 bridgehead atoms. The summed E-state index contributed by atoms with van der Waals surface area (Å²) in [6, 6.07) is 3.83.